The number of amides is 4. The van der Waals surface area contributed by atoms with Gasteiger partial charge in [0.25, 0.3) is 11.8 Å². The normalized spacial score (nSPS) is 13.5. The minimum atomic E-state index is -1.40. The number of nitriles is 1. The third-order valence-corrected chi connectivity index (χ3v) is 6.72. The van der Waals surface area contributed by atoms with Crippen molar-refractivity contribution in [3.8, 4) is 6.07 Å². The van der Waals surface area contributed by atoms with Crippen LogP contribution in [0, 0.1) is 25.2 Å². The molecule has 2 aromatic carbocycles. The van der Waals surface area contributed by atoms with Crippen molar-refractivity contribution in [3.63, 3.8) is 0 Å². The SMILES string of the molecule is Cc1ccc(CNC(=O)C(Cc2ccc(C=C(C#N)C(=O)NC(C)(C)C)cc2)NC(=O)C(NC(=O)c2cc(C)on2)C(C)O)cc1. The van der Waals surface area contributed by atoms with Gasteiger partial charge in [-0.05, 0) is 64.3 Å². The number of rotatable bonds is 12. The van der Waals surface area contributed by atoms with Gasteiger partial charge in [0.15, 0.2) is 5.69 Å². The highest BCUT2D eigenvalue weighted by molar-refractivity contribution is 6.02. The molecular weight excluding hydrogens is 588 g/mol. The molecule has 3 atom stereocenters. The first-order valence-electron chi connectivity index (χ1n) is 14.7. The van der Waals surface area contributed by atoms with Crippen LogP contribution in [0.3, 0.4) is 0 Å². The lowest BCUT2D eigenvalue weighted by Gasteiger charge is -2.24. The summed E-state index contributed by atoms with van der Waals surface area (Å²) in [4.78, 5) is 51.9. The van der Waals surface area contributed by atoms with Crippen molar-refractivity contribution in [2.45, 2.75) is 78.2 Å². The average Bonchev–Trinajstić information content (AvgIpc) is 3.43. The minimum Gasteiger partial charge on any atom is -0.391 e. The predicted octanol–water partition coefficient (Wildman–Crippen LogP) is 2.64. The zero-order valence-electron chi connectivity index (χ0n) is 26.8. The summed E-state index contributed by atoms with van der Waals surface area (Å²) in [5.74, 6) is -2.08. The molecule has 1 aromatic heterocycles. The van der Waals surface area contributed by atoms with E-state index in [1.54, 1.807) is 31.2 Å². The third-order valence-electron chi connectivity index (χ3n) is 6.72. The fraction of sp³-hybridized carbons (Fsp3) is 0.353. The molecule has 0 saturated heterocycles. The van der Waals surface area contributed by atoms with Crippen LogP contribution in [-0.2, 0) is 27.3 Å². The number of hydrogen-bond donors (Lipinski definition) is 5. The molecule has 0 spiro atoms. The van der Waals surface area contributed by atoms with Crippen LogP contribution in [0.5, 0.6) is 0 Å². The summed E-state index contributed by atoms with van der Waals surface area (Å²) < 4.78 is 4.92. The molecule has 3 aromatic rings. The minimum absolute atomic E-state index is 0.0599. The summed E-state index contributed by atoms with van der Waals surface area (Å²) in [5.41, 5.74) is 2.56. The van der Waals surface area contributed by atoms with E-state index in [2.05, 4.69) is 26.4 Å². The van der Waals surface area contributed by atoms with Gasteiger partial charge in [-0.25, -0.2) is 0 Å². The molecule has 1 heterocycles. The van der Waals surface area contributed by atoms with E-state index in [0.717, 1.165) is 11.1 Å². The van der Waals surface area contributed by atoms with Crippen LogP contribution in [-0.4, -0.2) is 57.6 Å². The average molecular weight is 629 g/mol. The second-order valence-corrected chi connectivity index (χ2v) is 12.1. The maximum atomic E-state index is 13.4. The molecule has 0 saturated carbocycles. The molecule has 12 heteroatoms. The Hall–Kier alpha value is -5.28. The number of nitrogens with zero attached hydrogens (tertiary/aromatic N) is 2. The molecule has 46 heavy (non-hydrogen) atoms. The molecule has 0 aliphatic carbocycles. The fourth-order valence-corrected chi connectivity index (χ4v) is 4.29. The molecular formula is C34H40N6O6. The smallest absolute Gasteiger partial charge is 0.274 e. The number of nitrogens with one attached hydrogen (secondary N) is 4. The lowest BCUT2D eigenvalue weighted by Crippen LogP contribution is -2.57. The molecule has 0 fully saturated rings. The van der Waals surface area contributed by atoms with Gasteiger partial charge < -0.3 is 30.9 Å². The first-order chi connectivity index (χ1) is 21.6. The van der Waals surface area contributed by atoms with Gasteiger partial charge in [-0.3, -0.25) is 19.2 Å². The van der Waals surface area contributed by atoms with Crippen LogP contribution in [0.15, 0.2) is 64.7 Å². The van der Waals surface area contributed by atoms with Crippen LogP contribution >= 0.6 is 0 Å². The number of carbonyl (C=O) groups is 4. The number of benzene rings is 2. The zero-order chi connectivity index (χ0) is 34.0. The molecule has 3 unspecified atom stereocenters. The number of aromatic nitrogens is 1. The number of aryl methyl sites for hydroxylation is 2. The van der Waals surface area contributed by atoms with Gasteiger partial charge in [0.1, 0.15) is 29.5 Å². The maximum Gasteiger partial charge on any atom is 0.274 e. The lowest BCUT2D eigenvalue weighted by atomic mass is 10.0. The quantitative estimate of drug-likeness (QED) is 0.150. The van der Waals surface area contributed by atoms with E-state index in [-0.39, 0.29) is 24.2 Å². The van der Waals surface area contributed by atoms with E-state index in [9.17, 15) is 29.5 Å². The van der Waals surface area contributed by atoms with Gasteiger partial charge >= 0.3 is 0 Å². The van der Waals surface area contributed by atoms with Crippen molar-refractivity contribution >= 4 is 29.7 Å². The second-order valence-electron chi connectivity index (χ2n) is 12.1. The molecule has 12 nitrogen and oxygen atoms in total. The summed E-state index contributed by atoms with van der Waals surface area (Å²) in [6, 6.07) is 15.3. The Labute approximate surface area is 268 Å². The van der Waals surface area contributed by atoms with Crippen molar-refractivity contribution < 1.29 is 28.8 Å². The van der Waals surface area contributed by atoms with Gasteiger partial charge in [0, 0.05) is 24.6 Å². The number of aliphatic hydroxyl groups excluding tert-OH is 1. The summed E-state index contributed by atoms with van der Waals surface area (Å²) in [7, 11) is 0. The first-order valence-corrected chi connectivity index (χ1v) is 14.7. The maximum absolute atomic E-state index is 13.4. The Kier molecular flexibility index (Phi) is 12.0. The Morgan fingerprint density at radius 2 is 1.61 bits per heavy atom. The van der Waals surface area contributed by atoms with E-state index < -0.39 is 47.4 Å². The molecule has 4 amide bonds. The molecule has 5 N–H and O–H groups in total. The summed E-state index contributed by atoms with van der Waals surface area (Å²) in [6.07, 6.45) is 0.225. The van der Waals surface area contributed by atoms with Gasteiger partial charge in [0.05, 0.1) is 6.10 Å². The summed E-state index contributed by atoms with van der Waals surface area (Å²) in [6.45, 7) is 10.6. The number of aliphatic hydroxyl groups is 1. The van der Waals surface area contributed by atoms with E-state index >= 15 is 0 Å². The van der Waals surface area contributed by atoms with Crippen LogP contribution < -0.4 is 21.3 Å². The molecule has 0 aliphatic heterocycles. The van der Waals surface area contributed by atoms with Crippen LogP contribution in [0.1, 0.15) is 66.2 Å². The second kappa shape index (κ2) is 15.6. The van der Waals surface area contributed by atoms with Crippen molar-refractivity contribution in [1.29, 1.82) is 5.26 Å². The van der Waals surface area contributed by atoms with Crippen molar-refractivity contribution in [3.05, 3.63) is 93.9 Å². The molecule has 0 aliphatic rings. The van der Waals surface area contributed by atoms with Crippen LogP contribution in [0.4, 0.5) is 0 Å². The summed E-state index contributed by atoms with van der Waals surface area (Å²) in [5, 5.41) is 34.2. The van der Waals surface area contributed by atoms with E-state index in [0.29, 0.717) is 16.9 Å². The zero-order valence-corrected chi connectivity index (χ0v) is 26.8. The van der Waals surface area contributed by atoms with Crippen molar-refractivity contribution in [2.24, 2.45) is 0 Å². The Morgan fingerprint density at radius 3 is 2.15 bits per heavy atom. The Balaban J connectivity index is 1.80. The van der Waals surface area contributed by atoms with Gasteiger partial charge in [-0.2, -0.15) is 5.26 Å². The highest BCUT2D eigenvalue weighted by Crippen LogP contribution is 2.13. The first kappa shape index (κ1) is 35.2. The standard InChI is InChI=1S/C34H40N6O6/c1-20-7-9-25(10-8-20)19-36-31(43)27(37-33(45)29(22(3)41)38-32(44)28-15-21(2)46-40-28)17-24-13-11-23(12-14-24)16-26(18-35)30(42)39-34(4,5)6/h7-16,22,27,29,41H,17,19H2,1-6H3,(H,36,43)(H,37,45)(H,38,44)(H,39,42). The van der Waals surface area contributed by atoms with Crippen molar-refractivity contribution in [1.82, 2.24) is 26.4 Å². The van der Waals surface area contributed by atoms with E-state index in [1.165, 1.54) is 19.1 Å². The highest BCUT2D eigenvalue weighted by Gasteiger charge is 2.31. The summed E-state index contributed by atoms with van der Waals surface area (Å²) >= 11 is 0. The van der Waals surface area contributed by atoms with E-state index in [4.69, 9.17) is 4.52 Å². The van der Waals surface area contributed by atoms with E-state index in [1.807, 2.05) is 58.0 Å². The molecule has 3 rings (SSSR count). The Morgan fingerprint density at radius 1 is 0.978 bits per heavy atom. The largest absolute Gasteiger partial charge is 0.391 e. The fourth-order valence-electron chi connectivity index (χ4n) is 4.29. The number of carbonyl (C=O) groups excluding carboxylic acids is 4. The Bertz CT molecular complexity index is 1610. The van der Waals surface area contributed by atoms with Gasteiger partial charge in [-0.1, -0.05) is 59.3 Å². The lowest BCUT2D eigenvalue weighted by molar-refractivity contribution is -0.131. The topological polar surface area (TPSA) is 186 Å². The molecule has 0 radical (unpaired) electrons. The van der Waals surface area contributed by atoms with Crippen LogP contribution in [0.2, 0.25) is 0 Å². The van der Waals surface area contributed by atoms with Gasteiger partial charge in [-0.15, -0.1) is 0 Å². The number of hydrogen-bond acceptors (Lipinski definition) is 8. The molecule has 0 bridgehead atoms. The van der Waals surface area contributed by atoms with Gasteiger partial charge in [0.2, 0.25) is 11.8 Å². The predicted molar refractivity (Wildman–Crippen MR) is 171 cm³/mol. The van der Waals surface area contributed by atoms with Crippen molar-refractivity contribution in [2.75, 3.05) is 0 Å². The third kappa shape index (κ3) is 10.7. The molecule has 242 valence electrons. The van der Waals surface area contributed by atoms with Crippen LogP contribution in [0.25, 0.3) is 6.08 Å². The highest BCUT2D eigenvalue weighted by atomic mass is 16.5. The monoisotopic (exact) mass is 628 g/mol.